The minimum absolute atomic E-state index is 0.386. The molecule has 98 valence electrons. The van der Waals surface area contributed by atoms with E-state index in [1.165, 1.54) is 15.8 Å². The molecule has 2 heterocycles. The molecule has 0 aliphatic rings. The van der Waals surface area contributed by atoms with Gasteiger partial charge in [-0.3, -0.25) is 0 Å². The first-order valence-electron chi connectivity index (χ1n) is 6.10. The molecule has 0 saturated carbocycles. The number of hydrogen-bond acceptors (Lipinski definition) is 4. The molecule has 2 atom stereocenters. The van der Waals surface area contributed by atoms with Crippen LogP contribution in [0.2, 0.25) is 0 Å². The van der Waals surface area contributed by atoms with Crippen LogP contribution in [0.4, 0.5) is 5.82 Å². The molecular formula is C13H18BrN3S. The van der Waals surface area contributed by atoms with Crippen LogP contribution in [-0.4, -0.2) is 20.8 Å². The van der Waals surface area contributed by atoms with Crippen molar-refractivity contribution in [2.24, 2.45) is 0 Å². The number of hydrogen-bond donors (Lipinski definition) is 1. The average molecular weight is 328 g/mol. The van der Waals surface area contributed by atoms with E-state index < -0.39 is 0 Å². The van der Waals surface area contributed by atoms with Crippen LogP contribution in [0.5, 0.6) is 0 Å². The largest absolute Gasteiger partial charge is 0.367 e. The van der Waals surface area contributed by atoms with Crippen molar-refractivity contribution in [3.63, 3.8) is 0 Å². The van der Waals surface area contributed by atoms with Crippen LogP contribution < -0.4 is 5.32 Å². The molecule has 3 nitrogen and oxygen atoms in total. The van der Waals surface area contributed by atoms with Gasteiger partial charge in [-0.2, -0.15) is 0 Å². The number of nitrogens with zero attached hydrogens (tertiary/aromatic N) is 2. The van der Waals surface area contributed by atoms with E-state index in [2.05, 4.69) is 58.9 Å². The minimum Gasteiger partial charge on any atom is -0.367 e. The summed E-state index contributed by atoms with van der Waals surface area (Å²) < 4.78 is 0. The molecule has 0 saturated heterocycles. The first-order valence-corrected chi connectivity index (χ1v) is 7.83. The Bertz CT molecular complexity index is 550. The van der Waals surface area contributed by atoms with E-state index in [0.29, 0.717) is 10.9 Å². The van der Waals surface area contributed by atoms with E-state index in [9.17, 15) is 0 Å². The Morgan fingerprint density at radius 3 is 2.72 bits per heavy atom. The monoisotopic (exact) mass is 327 g/mol. The molecule has 2 rings (SSSR count). The first-order chi connectivity index (χ1) is 8.49. The topological polar surface area (TPSA) is 37.8 Å². The normalized spacial score (nSPS) is 14.7. The summed E-state index contributed by atoms with van der Waals surface area (Å²) in [5.74, 6) is 0.961. The van der Waals surface area contributed by atoms with Crippen molar-refractivity contribution in [2.45, 2.75) is 45.0 Å². The van der Waals surface area contributed by atoms with E-state index in [0.717, 1.165) is 17.1 Å². The maximum Gasteiger partial charge on any atom is 0.138 e. The zero-order chi connectivity index (χ0) is 13.3. The molecule has 0 spiro atoms. The number of aromatic nitrogens is 2. The number of aryl methyl sites for hydroxylation is 2. The zero-order valence-electron chi connectivity index (χ0n) is 11.1. The highest BCUT2D eigenvalue weighted by Gasteiger charge is 2.14. The predicted octanol–water partition coefficient (Wildman–Crippen LogP) is 4.28. The fourth-order valence-corrected chi connectivity index (χ4v) is 3.63. The van der Waals surface area contributed by atoms with Crippen molar-refractivity contribution >= 4 is 43.3 Å². The Balaban J connectivity index is 2.33. The van der Waals surface area contributed by atoms with Gasteiger partial charge in [-0.25, -0.2) is 9.97 Å². The van der Waals surface area contributed by atoms with Crippen LogP contribution in [0.15, 0.2) is 6.33 Å². The van der Waals surface area contributed by atoms with Crippen molar-refractivity contribution in [2.75, 3.05) is 5.32 Å². The smallest absolute Gasteiger partial charge is 0.138 e. The maximum absolute atomic E-state index is 4.40. The molecule has 5 heteroatoms. The summed E-state index contributed by atoms with van der Waals surface area (Å²) in [6, 6.07) is 0.386. The minimum atomic E-state index is 0.386. The molecule has 0 radical (unpaired) electrons. The van der Waals surface area contributed by atoms with Crippen LogP contribution in [0.25, 0.3) is 10.2 Å². The lowest BCUT2D eigenvalue weighted by molar-refractivity contribution is 0.706. The first kappa shape index (κ1) is 13.7. The van der Waals surface area contributed by atoms with Gasteiger partial charge in [-0.1, -0.05) is 22.9 Å². The highest BCUT2D eigenvalue weighted by atomic mass is 79.9. The third kappa shape index (κ3) is 2.83. The Morgan fingerprint density at radius 1 is 1.33 bits per heavy atom. The number of nitrogens with one attached hydrogen (secondary N) is 1. The lowest BCUT2D eigenvalue weighted by Gasteiger charge is -2.16. The summed E-state index contributed by atoms with van der Waals surface area (Å²) >= 11 is 5.32. The van der Waals surface area contributed by atoms with Gasteiger partial charge in [0.1, 0.15) is 17.0 Å². The van der Waals surface area contributed by atoms with Crippen molar-refractivity contribution in [1.29, 1.82) is 0 Å². The molecule has 1 N–H and O–H groups in total. The molecule has 0 aliphatic heterocycles. The summed E-state index contributed by atoms with van der Waals surface area (Å²) in [7, 11) is 0. The summed E-state index contributed by atoms with van der Waals surface area (Å²) in [6.07, 6.45) is 2.71. The highest BCUT2D eigenvalue weighted by Crippen LogP contribution is 2.32. The Kier molecular flexibility index (Phi) is 4.22. The van der Waals surface area contributed by atoms with Crippen molar-refractivity contribution in [1.82, 2.24) is 9.97 Å². The molecule has 0 bridgehead atoms. The Hall–Kier alpha value is -0.680. The lowest BCUT2D eigenvalue weighted by atomic mass is 10.1. The Labute approximate surface area is 120 Å². The van der Waals surface area contributed by atoms with Crippen LogP contribution in [0.1, 0.15) is 30.7 Å². The van der Waals surface area contributed by atoms with Crippen LogP contribution in [0.3, 0.4) is 0 Å². The van der Waals surface area contributed by atoms with Crippen molar-refractivity contribution < 1.29 is 0 Å². The van der Waals surface area contributed by atoms with Gasteiger partial charge in [0.05, 0.1) is 5.39 Å². The summed E-state index contributed by atoms with van der Waals surface area (Å²) in [5, 5.41) is 4.67. The molecular weight excluding hydrogens is 310 g/mol. The van der Waals surface area contributed by atoms with E-state index in [4.69, 9.17) is 0 Å². The maximum atomic E-state index is 4.40. The standard InChI is InChI=1S/C13H18BrN3S/c1-7(14)5-8(2)17-12-11-9(3)10(4)18-13(11)16-6-15-12/h6-8H,5H2,1-4H3,(H,15,16,17). The number of halogens is 1. The second-order valence-corrected chi connectivity index (χ2v) is 7.51. The van der Waals surface area contributed by atoms with Gasteiger partial charge < -0.3 is 5.32 Å². The predicted molar refractivity (Wildman–Crippen MR) is 83.0 cm³/mol. The third-order valence-electron chi connectivity index (χ3n) is 3.03. The zero-order valence-corrected chi connectivity index (χ0v) is 13.5. The SMILES string of the molecule is Cc1sc2ncnc(NC(C)CC(C)Br)c2c1C. The second-order valence-electron chi connectivity index (χ2n) is 4.75. The average Bonchev–Trinajstić information content (AvgIpc) is 2.54. The van der Waals surface area contributed by atoms with Gasteiger partial charge in [0.15, 0.2) is 0 Å². The van der Waals surface area contributed by atoms with E-state index in [1.807, 2.05) is 0 Å². The summed E-state index contributed by atoms with van der Waals surface area (Å²) in [6.45, 7) is 8.62. The van der Waals surface area contributed by atoms with Crippen molar-refractivity contribution in [3.8, 4) is 0 Å². The molecule has 0 fully saturated rings. The van der Waals surface area contributed by atoms with Crippen LogP contribution >= 0.6 is 27.3 Å². The fraction of sp³-hybridized carbons (Fsp3) is 0.538. The van der Waals surface area contributed by atoms with Gasteiger partial charge in [0.2, 0.25) is 0 Å². The van der Waals surface area contributed by atoms with E-state index >= 15 is 0 Å². The van der Waals surface area contributed by atoms with Crippen LogP contribution in [0, 0.1) is 13.8 Å². The van der Waals surface area contributed by atoms with Gasteiger partial charge in [0.25, 0.3) is 0 Å². The van der Waals surface area contributed by atoms with Gasteiger partial charge in [-0.15, -0.1) is 11.3 Å². The van der Waals surface area contributed by atoms with Gasteiger partial charge in [-0.05, 0) is 32.8 Å². The number of anilines is 1. The molecule has 2 unspecified atom stereocenters. The van der Waals surface area contributed by atoms with Crippen molar-refractivity contribution in [3.05, 3.63) is 16.8 Å². The molecule has 0 aromatic carbocycles. The molecule has 0 amide bonds. The van der Waals surface area contributed by atoms with Crippen LogP contribution in [-0.2, 0) is 0 Å². The summed E-state index contributed by atoms with van der Waals surface area (Å²) in [5.41, 5.74) is 1.29. The molecule has 2 aromatic rings. The summed E-state index contributed by atoms with van der Waals surface area (Å²) in [4.78, 5) is 11.6. The quantitative estimate of drug-likeness (QED) is 0.851. The third-order valence-corrected chi connectivity index (χ3v) is 4.52. The lowest BCUT2D eigenvalue weighted by Crippen LogP contribution is -2.19. The van der Waals surface area contributed by atoms with E-state index in [-0.39, 0.29) is 0 Å². The fourth-order valence-electron chi connectivity index (χ4n) is 2.07. The molecule has 0 aliphatic carbocycles. The number of rotatable bonds is 4. The molecule has 18 heavy (non-hydrogen) atoms. The van der Waals surface area contributed by atoms with Gasteiger partial charge >= 0.3 is 0 Å². The van der Waals surface area contributed by atoms with Gasteiger partial charge in [0, 0.05) is 15.7 Å². The number of fused-ring (bicyclic) bond motifs is 1. The van der Waals surface area contributed by atoms with E-state index in [1.54, 1.807) is 17.7 Å². The second kappa shape index (κ2) is 5.53. The highest BCUT2D eigenvalue weighted by molar-refractivity contribution is 9.09. The Morgan fingerprint density at radius 2 is 2.06 bits per heavy atom. The number of thiophene rings is 1. The molecule has 2 aromatic heterocycles. The number of alkyl halides is 1.